The van der Waals surface area contributed by atoms with Crippen molar-refractivity contribution in [2.45, 2.75) is 13.3 Å². The second-order valence-corrected chi connectivity index (χ2v) is 2.75. The maximum absolute atomic E-state index is 11.1. The van der Waals surface area contributed by atoms with Gasteiger partial charge in [0, 0.05) is 0 Å². The van der Waals surface area contributed by atoms with E-state index < -0.39 is 0 Å². The van der Waals surface area contributed by atoms with E-state index in [1.165, 1.54) is 0 Å². The quantitative estimate of drug-likeness (QED) is 0.679. The summed E-state index contributed by atoms with van der Waals surface area (Å²) in [5.41, 5.74) is 1.24. The van der Waals surface area contributed by atoms with Crippen LogP contribution in [-0.2, 0) is 16.0 Å². The molecule has 72 valence electrons. The van der Waals surface area contributed by atoms with E-state index >= 15 is 0 Å². The molecule has 0 atom stereocenters. The third kappa shape index (κ3) is 2.60. The van der Waals surface area contributed by atoms with E-state index in [0.717, 1.165) is 0 Å². The summed E-state index contributed by atoms with van der Waals surface area (Å²) in [4.78, 5) is 11.1. The molecule has 0 saturated carbocycles. The molecular weight excluding hydrogens is 178 g/mol. The first-order valence-electron chi connectivity index (χ1n) is 4.41. The molecule has 0 unspecified atom stereocenters. The lowest BCUT2D eigenvalue weighted by Crippen LogP contribution is -2.08. The molecular formula is C11H11NO2. The molecule has 0 spiro atoms. The van der Waals surface area contributed by atoms with E-state index in [-0.39, 0.29) is 12.4 Å². The van der Waals surface area contributed by atoms with Crippen LogP contribution in [0.2, 0.25) is 0 Å². The zero-order chi connectivity index (χ0) is 10.4. The van der Waals surface area contributed by atoms with Crippen molar-refractivity contribution >= 4 is 5.97 Å². The lowest BCUT2D eigenvalue weighted by atomic mass is 10.1. The standard InChI is InChI=1S/C11H11NO2/c1-2-14-11(13)7-9-5-3-4-6-10(9)8-12/h3-6H,2,7H2,1H3. The third-order valence-electron chi connectivity index (χ3n) is 1.78. The molecule has 0 amide bonds. The van der Waals surface area contributed by atoms with Crippen molar-refractivity contribution in [3.05, 3.63) is 35.4 Å². The van der Waals surface area contributed by atoms with E-state index in [4.69, 9.17) is 10.00 Å². The molecule has 0 aliphatic rings. The minimum absolute atomic E-state index is 0.164. The number of ether oxygens (including phenoxy) is 1. The largest absolute Gasteiger partial charge is 0.466 e. The Morgan fingerprint density at radius 3 is 2.86 bits per heavy atom. The van der Waals surface area contributed by atoms with Crippen molar-refractivity contribution in [1.82, 2.24) is 0 Å². The summed E-state index contributed by atoms with van der Waals surface area (Å²) in [6, 6.07) is 9.06. The van der Waals surface area contributed by atoms with Gasteiger partial charge in [-0.15, -0.1) is 0 Å². The molecule has 0 bridgehead atoms. The molecule has 0 aliphatic carbocycles. The van der Waals surface area contributed by atoms with Gasteiger partial charge in [0.1, 0.15) is 0 Å². The number of hydrogen-bond donors (Lipinski definition) is 0. The minimum atomic E-state index is -0.296. The lowest BCUT2D eigenvalue weighted by molar-refractivity contribution is -0.142. The first-order valence-corrected chi connectivity index (χ1v) is 4.41. The van der Waals surface area contributed by atoms with E-state index in [2.05, 4.69) is 0 Å². The van der Waals surface area contributed by atoms with Gasteiger partial charge in [-0.3, -0.25) is 4.79 Å². The molecule has 14 heavy (non-hydrogen) atoms. The topological polar surface area (TPSA) is 50.1 Å². The van der Waals surface area contributed by atoms with Crippen LogP contribution in [0, 0.1) is 11.3 Å². The Bertz CT molecular complexity index is 366. The van der Waals surface area contributed by atoms with E-state index in [9.17, 15) is 4.79 Å². The van der Waals surface area contributed by atoms with Crippen molar-refractivity contribution in [1.29, 1.82) is 5.26 Å². The van der Waals surface area contributed by atoms with Crippen molar-refractivity contribution in [3.8, 4) is 6.07 Å². The summed E-state index contributed by atoms with van der Waals surface area (Å²) in [6.45, 7) is 2.13. The molecule has 3 nitrogen and oxygen atoms in total. The normalized spacial score (nSPS) is 9.14. The number of hydrogen-bond acceptors (Lipinski definition) is 3. The van der Waals surface area contributed by atoms with Crippen LogP contribution in [-0.4, -0.2) is 12.6 Å². The van der Waals surface area contributed by atoms with Crippen LogP contribution in [0.3, 0.4) is 0 Å². The number of nitrogens with zero attached hydrogens (tertiary/aromatic N) is 1. The maximum atomic E-state index is 11.1. The summed E-state index contributed by atoms with van der Waals surface area (Å²) < 4.78 is 4.80. The van der Waals surface area contributed by atoms with Crippen molar-refractivity contribution in [3.63, 3.8) is 0 Å². The smallest absolute Gasteiger partial charge is 0.310 e. The van der Waals surface area contributed by atoms with Gasteiger partial charge in [0.2, 0.25) is 0 Å². The maximum Gasteiger partial charge on any atom is 0.310 e. The first-order chi connectivity index (χ1) is 6.77. The fourth-order valence-electron chi connectivity index (χ4n) is 1.15. The molecule has 3 heteroatoms. The summed E-state index contributed by atoms with van der Waals surface area (Å²) in [7, 11) is 0. The average Bonchev–Trinajstić information content (AvgIpc) is 2.19. The molecule has 0 N–H and O–H groups in total. The molecule has 0 saturated heterocycles. The molecule has 0 fully saturated rings. The Hall–Kier alpha value is -1.82. The van der Waals surface area contributed by atoms with E-state index in [1.54, 1.807) is 31.2 Å². The van der Waals surface area contributed by atoms with Crippen LogP contribution in [0.5, 0.6) is 0 Å². The highest BCUT2D eigenvalue weighted by atomic mass is 16.5. The first kappa shape index (κ1) is 10.3. The lowest BCUT2D eigenvalue weighted by Gasteiger charge is -2.02. The van der Waals surface area contributed by atoms with Gasteiger partial charge in [-0.1, -0.05) is 18.2 Å². The predicted molar refractivity (Wildman–Crippen MR) is 51.5 cm³/mol. The Morgan fingerprint density at radius 1 is 1.50 bits per heavy atom. The number of carbonyl (C=O) groups excluding carboxylic acids is 1. The van der Waals surface area contributed by atoms with Gasteiger partial charge in [-0.2, -0.15) is 5.26 Å². The highest BCUT2D eigenvalue weighted by Crippen LogP contribution is 2.08. The second kappa shape index (κ2) is 5.03. The number of carbonyl (C=O) groups is 1. The van der Waals surface area contributed by atoms with Gasteiger partial charge in [-0.05, 0) is 18.6 Å². The van der Waals surface area contributed by atoms with Crippen LogP contribution < -0.4 is 0 Å². The monoisotopic (exact) mass is 189 g/mol. The van der Waals surface area contributed by atoms with Gasteiger partial charge in [-0.25, -0.2) is 0 Å². The Balaban J connectivity index is 2.77. The SMILES string of the molecule is CCOC(=O)Cc1ccccc1C#N. The van der Waals surface area contributed by atoms with Gasteiger partial charge < -0.3 is 4.74 Å². The van der Waals surface area contributed by atoms with Crippen LogP contribution in [0.4, 0.5) is 0 Å². The van der Waals surface area contributed by atoms with Gasteiger partial charge in [0.25, 0.3) is 0 Å². The highest BCUT2D eigenvalue weighted by Gasteiger charge is 2.07. The summed E-state index contributed by atoms with van der Waals surface area (Å²) in [5, 5.41) is 8.76. The van der Waals surface area contributed by atoms with Crippen LogP contribution >= 0.6 is 0 Å². The number of esters is 1. The Kier molecular flexibility index (Phi) is 3.69. The molecule has 1 aromatic rings. The molecule has 0 radical (unpaired) electrons. The second-order valence-electron chi connectivity index (χ2n) is 2.75. The molecule has 0 aliphatic heterocycles. The van der Waals surface area contributed by atoms with Gasteiger partial charge in [0.15, 0.2) is 0 Å². The highest BCUT2D eigenvalue weighted by molar-refractivity contribution is 5.73. The Labute approximate surface area is 82.9 Å². The van der Waals surface area contributed by atoms with E-state index in [1.807, 2.05) is 6.07 Å². The zero-order valence-corrected chi connectivity index (χ0v) is 7.99. The number of benzene rings is 1. The fourth-order valence-corrected chi connectivity index (χ4v) is 1.15. The molecule has 0 aromatic heterocycles. The summed E-state index contributed by atoms with van der Waals surface area (Å²) in [6.07, 6.45) is 0.164. The molecule has 1 rings (SSSR count). The zero-order valence-electron chi connectivity index (χ0n) is 7.99. The fraction of sp³-hybridized carbons (Fsp3) is 0.273. The van der Waals surface area contributed by atoms with Gasteiger partial charge in [0.05, 0.1) is 24.7 Å². The third-order valence-corrected chi connectivity index (χ3v) is 1.78. The van der Waals surface area contributed by atoms with Crippen LogP contribution in [0.15, 0.2) is 24.3 Å². The minimum Gasteiger partial charge on any atom is -0.466 e. The number of rotatable bonds is 3. The predicted octanol–water partition coefficient (Wildman–Crippen LogP) is 1.66. The van der Waals surface area contributed by atoms with Crippen molar-refractivity contribution < 1.29 is 9.53 Å². The molecule has 1 aromatic carbocycles. The van der Waals surface area contributed by atoms with Crippen molar-refractivity contribution in [2.24, 2.45) is 0 Å². The van der Waals surface area contributed by atoms with Crippen LogP contribution in [0.1, 0.15) is 18.1 Å². The summed E-state index contributed by atoms with van der Waals surface area (Å²) >= 11 is 0. The van der Waals surface area contributed by atoms with Crippen molar-refractivity contribution in [2.75, 3.05) is 6.61 Å². The molecule has 0 heterocycles. The number of nitriles is 1. The summed E-state index contributed by atoms with van der Waals surface area (Å²) in [5.74, 6) is -0.296. The van der Waals surface area contributed by atoms with Gasteiger partial charge >= 0.3 is 5.97 Å². The Morgan fingerprint density at radius 2 is 2.21 bits per heavy atom. The van der Waals surface area contributed by atoms with E-state index in [0.29, 0.717) is 17.7 Å². The average molecular weight is 189 g/mol. The van der Waals surface area contributed by atoms with Crippen LogP contribution in [0.25, 0.3) is 0 Å².